The molecule has 0 aromatic carbocycles. The molecule has 2 atom stereocenters. The van der Waals surface area contributed by atoms with Gasteiger partial charge in [-0.25, -0.2) is 0 Å². The summed E-state index contributed by atoms with van der Waals surface area (Å²) in [5.74, 6) is 0.694. The number of rotatable bonds is 3. The largest absolute Gasteiger partial charge is 0.299 e. The minimum atomic E-state index is -0.259. The van der Waals surface area contributed by atoms with Gasteiger partial charge in [-0.05, 0) is 19.3 Å². The predicted octanol–water partition coefficient (Wildman–Crippen LogP) is 3.12. The zero-order chi connectivity index (χ0) is 9.90. The van der Waals surface area contributed by atoms with Crippen molar-refractivity contribution in [3.8, 4) is 0 Å². The zero-order valence-corrected chi connectivity index (χ0v) is 8.71. The van der Waals surface area contributed by atoms with Crippen molar-refractivity contribution in [3.63, 3.8) is 0 Å². The van der Waals surface area contributed by atoms with Gasteiger partial charge >= 0.3 is 0 Å². The highest BCUT2D eigenvalue weighted by Gasteiger charge is 2.34. The first-order valence-corrected chi connectivity index (χ1v) is 5.00. The van der Waals surface area contributed by atoms with E-state index in [0.717, 1.165) is 6.42 Å². The normalized spacial score (nSPS) is 32.1. The maximum Gasteiger partial charge on any atom is 0.143 e. The van der Waals surface area contributed by atoms with Gasteiger partial charge in [0.1, 0.15) is 5.78 Å². The molecule has 0 aromatic heterocycles. The van der Waals surface area contributed by atoms with Crippen LogP contribution in [0.1, 0.15) is 33.6 Å². The Labute approximate surface area is 80.5 Å². The molecule has 0 radical (unpaired) electrons. The Balaban J connectivity index is 2.80. The maximum atomic E-state index is 11.8. The molecule has 1 aliphatic carbocycles. The van der Waals surface area contributed by atoms with Crippen LogP contribution in [-0.4, -0.2) is 5.78 Å². The van der Waals surface area contributed by atoms with E-state index in [2.05, 4.69) is 13.0 Å². The Kier molecular flexibility index (Phi) is 3.07. The Hall–Kier alpha value is -0.850. The SMILES string of the molecule is CCCC(=O)C1(C)C=CC=CC1C. The smallest absolute Gasteiger partial charge is 0.143 e. The Morgan fingerprint density at radius 2 is 2.15 bits per heavy atom. The summed E-state index contributed by atoms with van der Waals surface area (Å²) < 4.78 is 0. The van der Waals surface area contributed by atoms with Crippen molar-refractivity contribution in [2.45, 2.75) is 33.6 Å². The van der Waals surface area contributed by atoms with E-state index in [1.165, 1.54) is 0 Å². The molecule has 0 aromatic rings. The number of carbonyl (C=O) groups is 1. The van der Waals surface area contributed by atoms with E-state index in [1.54, 1.807) is 0 Å². The van der Waals surface area contributed by atoms with Crippen molar-refractivity contribution in [1.82, 2.24) is 0 Å². The number of hydrogen-bond acceptors (Lipinski definition) is 1. The van der Waals surface area contributed by atoms with Crippen molar-refractivity contribution in [1.29, 1.82) is 0 Å². The molecular weight excluding hydrogens is 160 g/mol. The van der Waals surface area contributed by atoms with Gasteiger partial charge in [-0.2, -0.15) is 0 Å². The first-order valence-electron chi connectivity index (χ1n) is 5.00. The van der Waals surface area contributed by atoms with E-state index in [1.807, 2.05) is 32.1 Å². The molecule has 0 fully saturated rings. The van der Waals surface area contributed by atoms with Crippen LogP contribution in [0.5, 0.6) is 0 Å². The fourth-order valence-corrected chi connectivity index (χ4v) is 1.68. The van der Waals surface area contributed by atoms with Crippen LogP contribution < -0.4 is 0 Å². The first kappa shape index (κ1) is 10.2. The molecule has 1 heteroatoms. The van der Waals surface area contributed by atoms with Crippen LogP contribution in [0.3, 0.4) is 0 Å². The van der Waals surface area contributed by atoms with Crippen molar-refractivity contribution < 1.29 is 4.79 Å². The lowest BCUT2D eigenvalue weighted by atomic mass is 9.71. The van der Waals surface area contributed by atoms with E-state index in [9.17, 15) is 4.79 Å². The quantitative estimate of drug-likeness (QED) is 0.649. The summed E-state index contributed by atoms with van der Waals surface area (Å²) in [4.78, 5) is 11.8. The minimum absolute atomic E-state index is 0.259. The van der Waals surface area contributed by atoms with Crippen LogP contribution in [0.4, 0.5) is 0 Å². The lowest BCUT2D eigenvalue weighted by Gasteiger charge is -2.31. The van der Waals surface area contributed by atoms with E-state index in [-0.39, 0.29) is 5.41 Å². The number of ketones is 1. The minimum Gasteiger partial charge on any atom is -0.299 e. The maximum absolute atomic E-state index is 11.8. The van der Waals surface area contributed by atoms with E-state index in [0.29, 0.717) is 18.1 Å². The summed E-state index contributed by atoms with van der Waals surface area (Å²) in [6, 6.07) is 0. The van der Waals surface area contributed by atoms with Gasteiger partial charge in [-0.15, -0.1) is 0 Å². The molecule has 0 spiro atoms. The number of Topliss-reactive ketones (excluding diaryl/α,β-unsaturated/α-hetero) is 1. The molecular formula is C12H18O. The van der Waals surface area contributed by atoms with Crippen LogP contribution in [0.2, 0.25) is 0 Å². The Bertz CT molecular complexity index is 250. The second-order valence-electron chi connectivity index (χ2n) is 3.99. The third kappa shape index (κ3) is 1.90. The highest BCUT2D eigenvalue weighted by molar-refractivity contribution is 5.87. The molecule has 0 aliphatic heterocycles. The average molecular weight is 178 g/mol. The van der Waals surface area contributed by atoms with Gasteiger partial charge in [0.25, 0.3) is 0 Å². The molecule has 2 unspecified atom stereocenters. The number of allylic oxidation sites excluding steroid dienone is 4. The highest BCUT2D eigenvalue weighted by atomic mass is 16.1. The average Bonchev–Trinajstić information content (AvgIpc) is 2.11. The van der Waals surface area contributed by atoms with Crippen molar-refractivity contribution in [2.75, 3.05) is 0 Å². The van der Waals surface area contributed by atoms with Crippen LogP contribution in [0.15, 0.2) is 24.3 Å². The molecule has 0 bridgehead atoms. The molecule has 0 saturated carbocycles. The Morgan fingerprint density at radius 1 is 1.46 bits per heavy atom. The van der Waals surface area contributed by atoms with E-state index in [4.69, 9.17) is 0 Å². The monoisotopic (exact) mass is 178 g/mol. The van der Waals surface area contributed by atoms with Crippen LogP contribution in [-0.2, 0) is 4.79 Å². The topological polar surface area (TPSA) is 17.1 Å². The van der Waals surface area contributed by atoms with E-state index >= 15 is 0 Å². The zero-order valence-electron chi connectivity index (χ0n) is 8.71. The molecule has 0 amide bonds. The van der Waals surface area contributed by atoms with E-state index < -0.39 is 0 Å². The molecule has 0 saturated heterocycles. The molecule has 1 nitrogen and oxygen atoms in total. The summed E-state index contributed by atoms with van der Waals surface area (Å²) in [5, 5.41) is 0. The van der Waals surface area contributed by atoms with Crippen molar-refractivity contribution in [3.05, 3.63) is 24.3 Å². The summed E-state index contributed by atoms with van der Waals surface area (Å²) in [6.07, 6.45) is 9.78. The fourth-order valence-electron chi connectivity index (χ4n) is 1.68. The molecule has 13 heavy (non-hydrogen) atoms. The van der Waals surface area contributed by atoms with Crippen molar-refractivity contribution >= 4 is 5.78 Å². The number of hydrogen-bond donors (Lipinski definition) is 0. The van der Waals surface area contributed by atoms with Crippen molar-refractivity contribution in [2.24, 2.45) is 11.3 Å². The molecule has 0 N–H and O–H groups in total. The third-order valence-electron chi connectivity index (χ3n) is 2.98. The third-order valence-corrected chi connectivity index (χ3v) is 2.98. The highest BCUT2D eigenvalue weighted by Crippen LogP contribution is 2.34. The van der Waals surface area contributed by atoms with Gasteiger partial charge in [0.2, 0.25) is 0 Å². The van der Waals surface area contributed by atoms with Crippen LogP contribution in [0, 0.1) is 11.3 Å². The summed E-state index contributed by atoms with van der Waals surface area (Å²) in [7, 11) is 0. The van der Waals surface area contributed by atoms with Gasteiger partial charge in [0, 0.05) is 6.42 Å². The summed E-state index contributed by atoms with van der Waals surface area (Å²) in [5.41, 5.74) is -0.259. The fraction of sp³-hybridized carbons (Fsp3) is 0.583. The van der Waals surface area contributed by atoms with Crippen LogP contribution >= 0.6 is 0 Å². The van der Waals surface area contributed by atoms with Gasteiger partial charge in [0.05, 0.1) is 5.41 Å². The molecule has 0 heterocycles. The number of carbonyl (C=O) groups excluding carboxylic acids is 1. The summed E-state index contributed by atoms with van der Waals surface area (Å²) in [6.45, 7) is 6.19. The van der Waals surface area contributed by atoms with Gasteiger partial charge in [0.15, 0.2) is 0 Å². The predicted molar refractivity (Wildman–Crippen MR) is 55.5 cm³/mol. The van der Waals surface area contributed by atoms with Gasteiger partial charge < -0.3 is 0 Å². The van der Waals surface area contributed by atoms with Crippen LogP contribution in [0.25, 0.3) is 0 Å². The van der Waals surface area contributed by atoms with Gasteiger partial charge in [-0.3, -0.25) is 4.79 Å². The van der Waals surface area contributed by atoms with Gasteiger partial charge in [-0.1, -0.05) is 38.2 Å². The molecule has 1 aliphatic rings. The molecule has 72 valence electrons. The lowest BCUT2D eigenvalue weighted by Crippen LogP contribution is -2.32. The first-order chi connectivity index (χ1) is 6.11. The molecule has 1 rings (SSSR count). The second-order valence-corrected chi connectivity index (χ2v) is 3.99. The standard InChI is InChI=1S/C12H18O/c1-4-7-11(13)12(3)9-6-5-8-10(12)2/h5-6,8-10H,4,7H2,1-3H3. The second kappa shape index (κ2) is 3.91. The summed E-state index contributed by atoms with van der Waals surface area (Å²) >= 11 is 0. The lowest BCUT2D eigenvalue weighted by molar-refractivity contribution is -0.127. The Morgan fingerprint density at radius 3 is 2.69 bits per heavy atom.